The quantitative estimate of drug-likeness (QED) is 0.305. The van der Waals surface area contributed by atoms with E-state index in [-0.39, 0.29) is 5.69 Å². The minimum absolute atomic E-state index is 0.112. The van der Waals surface area contributed by atoms with Gasteiger partial charge in [0.2, 0.25) is 5.82 Å². The van der Waals surface area contributed by atoms with Crippen LogP contribution in [0.15, 0.2) is 46.1 Å². The zero-order valence-electron chi connectivity index (χ0n) is 14.9. The van der Waals surface area contributed by atoms with Gasteiger partial charge in [0.1, 0.15) is 5.76 Å². The highest BCUT2D eigenvalue weighted by Gasteiger charge is 2.26. The van der Waals surface area contributed by atoms with Crippen molar-refractivity contribution in [2.45, 2.75) is 13.8 Å². The summed E-state index contributed by atoms with van der Waals surface area (Å²) in [5, 5.41) is 26.5. The molecule has 0 aliphatic carbocycles. The summed E-state index contributed by atoms with van der Waals surface area (Å²) in [6.07, 6.45) is 1.23. The zero-order chi connectivity index (χ0) is 20.0. The first-order valence-corrected chi connectivity index (χ1v) is 8.37. The van der Waals surface area contributed by atoms with Crippen LogP contribution in [0.3, 0.4) is 0 Å². The van der Waals surface area contributed by atoms with Crippen molar-refractivity contribution in [3.05, 3.63) is 65.1 Å². The number of aromatic nitrogens is 2. The molecular weight excluding hydrogens is 368 g/mol. The summed E-state index contributed by atoms with van der Waals surface area (Å²) >= 11 is 0. The molecule has 0 saturated heterocycles. The number of oxime groups is 1. The summed E-state index contributed by atoms with van der Waals surface area (Å²) in [6.45, 7) is 3.42. The Morgan fingerprint density at radius 1 is 1.11 bits per heavy atom. The van der Waals surface area contributed by atoms with Gasteiger partial charge in [-0.1, -0.05) is 28.5 Å². The van der Waals surface area contributed by atoms with E-state index in [1.165, 1.54) is 16.8 Å². The van der Waals surface area contributed by atoms with E-state index in [0.29, 0.717) is 39.2 Å². The summed E-state index contributed by atoms with van der Waals surface area (Å²) in [5.74, 6) is -2.87. The van der Waals surface area contributed by atoms with Gasteiger partial charge >= 0.3 is 0 Å². The Hall–Kier alpha value is -3.68. The van der Waals surface area contributed by atoms with Crippen LogP contribution in [0.1, 0.15) is 17.0 Å². The molecular formula is C20H15F2N3O3. The first kappa shape index (κ1) is 17.7. The largest absolute Gasteiger partial charge is 0.505 e. The van der Waals surface area contributed by atoms with Crippen LogP contribution < -0.4 is 0 Å². The van der Waals surface area contributed by atoms with E-state index in [1.54, 1.807) is 38.1 Å². The lowest BCUT2D eigenvalue weighted by Crippen LogP contribution is -2.04. The third-order valence-corrected chi connectivity index (χ3v) is 4.65. The molecule has 0 spiro atoms. The number of rotatable bonds is 3. The number of para-hydroxylation sites is 1. The second kappa shape index (κ2) is 6.49. The Balaban J connectivity index is 2.24. The van der Waals surface area contributed by atoms with Crippen molar-refractivity contribution in [1.29, 1.82) is 0 Å². The molecule has 0 saturated carbocycles. The molecule has 2 N–H and O–H groups in total. The summed E-state index contributed by atoms with van der Waals surface area (Å²) in [4.78, 5) is 0. The predicted octanol–water partition coefficient (Wildman–Crippen LogP) is 4.69. The first-order valence-electron chi connectivity index (χ1n) is 8.37. The monoisotopic (exact) mass is 383 g/mol. The SMILES string of the molecule is Cc1noc(C)c1-c1c(/C=N/O)c2ccccc2n1-c1ccc(O)c(F)c1F. The molecule has 8 heteroatoms. The van der Waals surface area contributed by atoms with Gasteiger partial charge in [0.05, 0.1) is 34.4 Å². The minimum atomic E-state index is -1.35. The van der Waals surface area contributed by atoms with Crippen LogP contribution in [0, 0.1) is 25.5 Å². The van der Waals surface area contributed by atoms with Crippen LogP contribution in [0.5, 0.6) is 5.75 Å². The number of phenolic OH excluding ortho intramolecular Hbond substituents is 1. The molecule has 4 aromatic rings. The molecule has 0 bridgehead atoms. The van der Waals surface area contributed by atoms with Gasteiger partial charge in [-0.25, -0.2) is 4.39 Å². The fourth-order valence-corrected chi connectivity index (χ4v) is 3.47. The lowest BCUT2D eigenvalue weighted by Gasteiger charge is -2.13. The Labute approximate surface area is 157 Å². The Morgan fingerprint density at radius 2 is 1.86 bits per heavy atom. The van der Waals surface area contributed by atoms with E-state index < -0.39 is 17.4 Å². The lowest BCUT2D eigenvalue weighted by molar-refractivity contribution is 0.322. The summed E-state index contributed by atoms with van der Waals surface area (Å²) in [7, 11) is 0. The molecule has 0 aliphatic rings. The minimum Gasteiger partial charge on any atom is -0.505 e. The van der Waals surface area contributed by atoms with E-state index in [0.717, 1.165) is 6.07 Å². The number of phenols is 1. The smallest absolute Gasteiger partial charge is 0.202 e. The molecule has 6 nitrogen and oxygen atoms in total. The zero-order valence-corrected chi connectivity index (χ0v) is 14.9. The highest BCUT2D eigenvalue weighted by molar-refractivity contribution is 6.07. The fraction of sp³-hybridized carbons (Fsp3) is 0.100. The van der Waals surface area contributed by atoms with Crippen molar-refractivity contribution in [3.8, 4) is 22.7 Å². The van der Waals surface area contributed by atoms with Crippen LogP contribution in [0.2, 0.25) is 0 Å². The normalized spacial score (nSPS) is 11.7. The standard InChI is InChI=1S/C20H15F2N3O3/c1-10-17(11(2)28-24-10)20-13(9-23-27)12-5-3-4-6-14(12)25(20)15-7-8-16(26)19(22)18(15)21/h3-9,26-27H,1-2H3/b23-9+. The molecule has 0 unspecified atom stereocenters. The van der Waals surface area contributed by atoms with Crippen molar-refractivity contribution in [2.75, 3.05) is 0 Å². The molecule has 28 heavy (non-hydrogen) atoms. The number of aromatic hydroxyl groups is 1. The maximum Gasteiger partial charge on any atom is 0.202 e. The number of hydrogen-bond acceptors (Lipinski definition) is 5. The molecule has 0 radical (unpaired) electrons. The van der Waals surface area contributed by atoms with Gasteiger partial charge in [-0.05, 0) is 32.0 Å². The van der Waals surface area contributed by atoms with E-state index in [9.17, 15) is 19.1 Å². The number of halogens is 2. The summed E-state index contributed by atoms with van der Waals surface area (Å²) in [5.41, 5.74) is 2.46. The second-order valence-corrected chi connectivity index (χ2v) is 6.29. The number of aryl methyl sites for hydroxylation is 2. The van der Waals surface area contributed by atoms with Crippen molar-refractivity contribution in [1.82, 2.24) is 9.72 Å². The number of fused-ring (bicyclic) bond motifs is 1. The number of benzene rings is 2. The van der Waals surface area contributed by atoms with Gasteiger partial charge in [0, 0.05) is 10.9 Å². The number of nitrogens with zero attached hydrogens (tertiary/aromatic N) is 3. The molecule has 2 aromatic carbocycles. The van der Waals surface area contributed by atoms with Crippen LogP contribution in [0.25, 0.3) is 27.8 Å². The summed E-state index contributed by atoms with van der Waals surface area (Å²) in [6, 6.07) is 9.41. The van der Waals surface area contributed by atoms with Gasteiger partial charge in [0.25, 0.3) is 0 Å². The summed E-state index contributed by atoms with van der Waals surface area (Å²) < 4.78 is 35.7. The molecule has 2 heterocycles. The van der Waals surface area contributed by atoms with Gasteiger partial charge in [-0.15, -0.1) is 0 Å². The Bertz CT molecular complexity index is 1220. The van der Waals surface area contributed by atoms with E-state index in [2.05, 4.69) is 10.3 Å². The van der Waals surface area contributed by atoms with Gasteiger partial charge in [0.15, 0.2) is 11.6 Å². The third kappa shape index (κ3) is 2.45. The fourth-order valence-electron chi connectivity index (χ4n) is 3.47. The van der Waals surface area contributed by atoms with Crippen molar-refractivity contribution >= 4 is 17.1 Å². The molecule has 0 amide bonds. The van der Waals surface area contributed by atoms with Crippen LogP contribution in [-0.4, -0.2) is 26.3 Å². The van der Waals surface area contributed by atoms with E-state index >= 15 is 0 Å². The molecule has 0 aliphatic heterocycles. The van der Waals surface area contributed by atoms with E-state index in [4.69, 9.17) is 4.52 Å². The number of hydrogen-bond donors (Lipinski definition) is 2. The van der Waals surface area contributed by atoms with Crippen molar-refractivity contribution in [2.24, 2.45) is 5.16 Å². The molecule has 0 atom stereocenters. The maximum atomic E-state index is 14.8. The first-order chi connectivity index (χ1) is 13.5. The van der Waals surface area contributed by atoms with Gasteiger partial charge in [-0.3, -0.25) is 0 Å². The highest BCUT2D eigenvalue weighted by Crippen LogP contribution is 2.39. The lowest BCUT2D eigenvalue weighted by atomic mass is 10.0. The van der Waals surface area contributed by atoms with Gasteiger partial charge in [-0.2, -0.15) is 4.39 Å². The van der Waals surface area contributed by atoms with Crippen LogP contribution >= 0.6 is 0 Å². The second-order valence-electron chi connectivity index (χ2n) is 6.29. The van der Waals surface area contributed by atoms with Crippen LogP contribution in [-0.2, 0) is 0 Å². The van der Waals surface area contributed by atoms with E-state index in [1.807, 2.05) is 0 Å². The highest BCUT2D eigenvalue weighted by atomic mass is 19.2. The predicted molar refractivity (Wildman–Crippen MR) is 99.2 cm³/mol. The molecule has 0 fully saturated rings. The molecule has 142 valence electrons. The topological polar surface area (TPSA) is 83.8 Å². The average Bonchev–Trinajstić information content (AvgIpc) is 3.17. The Morgan fingerprint density at radius 3 is 2.54 bits per heavy atom. The molecule has 4 rings (SSSR count). The van der Waals surface area contributed by atoms with Crippen molar-refractivity contribution < 1.29 is 23.6 Å². The Kier molecular flexibility index (Phi) is 4.11. The third-order valence-electron chi connectivity index (χ3n) is 4.65. The average molecular weight is 383 g/mol. The van der Waals surface area contributed by atoms with Crippen LogP contribution in [0.4, 0.5) is 8.78 Å². The van der Waals surface area contributed by atoms with Crippen molar-refractivity contribution in [3.63, 3.8) is 0 Å². The maximum absolute atomic E-state index is 14.8. The van der Waals surface area contributed by atoms with Gasteiger partial charge < -0.3 is 19.4 Å². The molecule has 2 aromatic heterocycles.